The molecule has 6 nitrogen and oxygen atoms in total. The highest BCUT2D eigenvalue weighted by Crippen LogP contribution is 2.28. The molecule has 28 heavy (non-hydrogen) atoms. The van der Waals surface area contributed by atoms with E-state index in [0.717, 1.165) is 21.2 Å². The molecule has 0 spiro atoms. The third-order valence-corrected chi connectivity index (χ3v) is 4.85. The summed E-state index contributed by atoms with van der Waals surface area (Å²) in [6.45, 7) is 1.81. The number of H-pyrrole nitrogens is 1. The number of halogens is 1. The fraction of sp³-hybridized carbons (Fsp3) is 0.0952. The van der Waals surface area contributed by atoms with E-state index in [9.17, 15) is 4.79 Å². The van der Waals surface area contributed by atoms with Crippen molar-refractivity contribution in [2.24, 2.45) is 0 Å². The maximum absolute atomic E-state index is 11.8. The molecule has 0 unspecified atom stereocenters. The second-order valence-electron chi connectivity index (χ2n) is 6.12. The lowest BCUT2D eigenvalue weighted by Crippen LogP contribution is -2.00. The number of aromatic amines is 1. The van der Waals surface area contributed by atoms with Crippen molar-refractivity contribution < 1.29 is 9.53 Å². The Kier molecular flexibility index (Phi) is 5.08. The number of ketones is 1. The van der Waals surface area contributed by atoms with Crippen LogP contribution in [0.1, 0.15) is 23.8 Å². The highest BCUT2D eigenvalue weighted by Gasteiger charge is 2.09. The van der Waals surface area contributed by atoms with Gasteiger partial charge in [0.05, 0.1) is 16.7 Å². The molecule has 140 valence electrons. The molecule has 0 aliphatic heterocycles. The summed E-state index contributed by atoms with van der Waals surface area (Å²) in [5.41, 5.74) is 2.98. The monoisotopic (exact) mass is 436 g/mol. The van der Waals surface area contributed by atoms with Gasteiger partial charge in [-0.2, -0.15) is 0 Å². The van der Waals surface area contributed by atoms with E-state index in [0.29, 0.717) is 29.6 Å². The highest BCUT2D eigenvalue weighted by atomic mass is 79.9. The number of imidazole rings is 1. The zero-order valence-electron chi connectivity index (χ0n) is 15.1. The minimum absolute atomic E-state index is 0.0164. The molecule has 2 N–H and O–H groups in total. The van der Waals surface area contributed by atoms with Gasteiger partial charge in [-0.25, -0.2) is 4.98 Å². The predicted molar refractivity (Wildman–Crippen MR) is 112 cm³/mol. The molecular formula is C21H17BrN4O2. The van der Waals surface area contributed by atoms with Crippen LogP contribution in [0.15, 0.2) is 65.3 Å². The maximum Gasteiger partial charge on any atom is 0.205 e. The normalized spacial score (nSPS) is 10.8. The lowest BCUT2D eigenvalue weighted by atomic mass is 10.2. The van der Waals surface area contributed by atoms with Gasteiger partial charge in [-0.1, -0.05) is 19.1 Å². The van der Waals surface area contributed by atoms with Crippen molar-refractivity contribution in [2.45, 2.75) is 13.3 Å². The van der Waals surface area contributed by atoms with Crippen LogP contribution in [-0.4, -0.2) is 20.7 Å². The molecule has 2 heterocycles. The summed E-state index contributed by atoms with van der Waals surface area (Å²) in [6, 6.07) is 16.8. The summed E-state index contributed by atoms with van der Waals surface area (Å²) in [5.74, 6) is 1.83. The van der Waals surface area contributed by atoms with Gasteiger partial charge in [-0.15, -0.1) is 0 Å². The Morgan fingerprint density at radius 1 is 1.14 bits per heavy atom. The number of ether oxygens (including phenoxy) is 1. The quantitative estimate of drug-likeness (QED) is 0.370. The first-order valence-corrected chi connectivity index (χ1v) is 9.60. The number of pyridine rings is 1. The SMILES string of the molecule is CCC(=O)c1cc(Oc2ccc3nc(Nc4ccccc4Br)[nH]c3c2)ccn1. The van der Waals surface area contributed by atoms with Crippen molar-refractivity contribution >= 4 is 44.4 Å². The molecule has 0 aliphatic carbocycles. The third kappa shape index (κ3) is 3.89. The van der Waals surface area contributed by atoms with E-state index in [1.165, 1.54) is 0 Å². The van der Waals surface area contributed by atoms with Crippen LogP contribution in [0.5, 0.6) is 11.5 Å². The highest BCUT2D eigenvalue weighted by molar-refractivity contribution is 9.10. The van der Waals surface area contributed by atoms with E-state index in [2.05, 4.69) is 36.2 Å². The van der Waals surface area contributed by atoms with Crippen molar-refractivity contribution in [3.05, 3.63) is 71.0 Å². The molecule has 4 rings (SSSR count). The minimum atomic E-state index is -0.0164. The molecule has 0 aliphatic rings. The molecule has 0 fully saturated rings. The number of hydrogen-bond acceptors (Lipinski definition) is 5. The molecule has 4 aromatic rings. The fourth-order valence-corrected chi connectivity index (χ4v) is 3.13. The smallest absolute Gasteiger partial charge is 0.205 e. The second-order valence-corrected chi connectivity index (χ2v) is 6.98. The third-order valence-electron chi connectivity index (χ3n) is 4.15. The molecule has 0 saturated heterocycles. The van der Waals surface area contributed by atoms with Crippen LogP contribution in [0.25, 0.3) is 11.0 Å². The number of anilines is 2. The Labute approximate surface area is 170 Å². The number of para-hydroxylation sites is 1. The Morgan fingerprint density at radius 3 is 2.79 bits per heavy atom. The van der Waals surface area contributed by atoms with Crippen LogP contribution in [-0.2, 0) is 0 Å². The number of nitrogens with one attached hydrogen (secondary N) is 2. The van der Waals surface area contributed by atoms with Gasteiger partial charge in [0.25, 0.3) is 0 Å². The Bertz CT molecular complexity index is 1160. The van der Waals surface area contributed by atoms with E-state index in [-0.39, 0.29) is 5.78 Å². The minimum Gasteiger partial charge on any atom is -0.457 e. The molecule has 0 amide bonds. The lowest BCUT2D eigenvalue weighted by molar-refractivity contribution is 0.0983. The van der Waals surface area contributed by atoms with Crippen LogP contribution in [0.3, 0.4) is 0 Å². The molecule has 0 bridgehead atoms. The van der Waals surface area contributed by atoms with Gasteiger partial charge in [-0.3, -0.25) is 9.78 Å². The van der Waals surface area contributed by atoms with Crippen molar-refractivity contribution in [2.75, 3.05) is 5.32 Å². The summed E-state index contributed by atoms with van der Waals surface area (Å²) in [6.07, 6.45) is 1.98. The zero-order valence-corrected chi connectivity index (χ0v) is 16.7. The number of aromatic nitrogens is 3. The number of hydrogen-bond donors (Lipinski definition) is 2. The van der Waals surface area contributed by atoms with Crippen LogP contribution in [0, 0.1) is 0 Å². The summed E-state index contributed by atoms with van der Waals surface area (Å²) in [7, 11) is 0. The van der Waals surface area contributed by atoms with Crippen LogP contribution < -0.4 is 10.1 Å². The summed E-state index contributed by atoms with van der Waals surface area (Å²) in [4.78, 5) is 23.7. The van der Waals surface area contributed by atoms with Gasteiger partial charge in [0.2, 0.25) is 5.95 Å². The van der Waals surface area contributed by atoms with E-state index < -0.39 is 0 Å². The van der Waals surface area contributed by atoms with Crippen molar-refractivity contribution in [3.63, 3.8) is 0 Å². The maximum atomic E-state index is 11.8. The summed E-state index contributed by atoms with van der Waals surface area (Å²) < 4.78 is 6.85. The fourth-order valence-electron chi connectivity index (χ4n) is 2.75. The van der Waals surface area contributed by atoms with Crippen molar-refractivity contribution in [1.29, 1.82) is 0 Å². The zero-order chi connectivity index (χ0) is 19.5. The molecule has 2 aromatic carbocycles. The number of carbonyl (C=O) groups excluding carboxylic acids is 1. The predicted octanol–water partition coefficient (Wildman–Crippen LogP) is 5.85. The van der Waals surface area contributed by atoms with Gasteiger partial charge < -0.3 is 15.0 Å². The molecule has 0 radical (unpaired) electrons. The first-order valence-electron chi connectivity index (χ1n) is 8.81. The van der Waals surface area contributed by atoms with Gasteiger partial charge >= 0.3 is 0 Å². The topological polar surface area (TPSA) is 79.9 Å². The van der Waals surface area contributed by atoms with Crippen molar-refractivity contribution in [3.8, 4) is 11.5 Å². The van der Waals surface area contributed by atoms with Crippen molar-refractivity contribution in [1.82, 2.24) is 15.0 Å². The number of carbonyl (C=O) groups is 1. The standard InChI is InChI=1S/C21H17BrN4O2/c1-2-20(27)19-12-14(9-10-23-19)28-13-7-8-17-18(11-13)26-21(25-17)24-16-6-4-3-5-15(16)22/h3-12H,2H2,1H3,(H2,24,25,26). The van der Waals surface area contributed by atoms with Crippen LogP contribution >= 0.6 is 15.9 Å². The molecule has 2 aromatic heterocycles. The van der Waals surface area contributed by atoms with Gasteiger partial charge in [0.15, 0.2) is 5.78 Å². The average Bonchev–Trinajstić information content (AvgIpc) is 3.11. The number of rotatable bonds is 6. The first kappa shape index (κ1) is 18.2. The number of benzene rings is 2. The van der Waals surface area contributed by atoms with Crippen LogP contribution in [0.4, 0.5) is 11.6 Å². The Morgan fingerprint density at radius 2 is 1.96 bits per heavy atom. The van der Waals surface area contributed by atoms with E-state index >= 15 is 0 Å². The number of fused-ring (bicyclic) bond motifs is 1. The van der Waals surface area contributed by atoms with E-state index in [4.69, 9.17) is 4.74 Å². The number of Topliss-reactive ketones (excluding diaryl/α,β-unsaturated/α-hetero) is 1. The van der Waals surface area contributed by atoms with E-state index in [1.54, 1.807) is 18.3 Å². The lowest BCUT2D eigenvalue weighted by Gasteiger charge is -2.06. The summed E-state index contributed by atoms with van der Waals surface area (Å²) in [5, 5.41) is 3.26. The number of nitrogens with zero attached hydrogens (tertiary/aromatic N) is 2. The molecule has 0 saturated carbocycles. The second kappa shape index (κ2) is 7.82. The van der Waals surface area contributed by atoms with Gasteiger partial charge in [0.1, 0.15) is 17.2 Å². The largest absolute Gasteiger partial charge is 0.457 e. The average molecular weight is 437 g/mol. The van der Waals surface area contributed by atoms with Gasteiger partial charge in [0, 0.05) is 29.2 Å². The Balaban J connectivity index is 1.57. The van der Waals surface area contributed by atoms with E-state index in [1.807, 2.05) is 49.4 Å². The molecule has 0 atom stereocenters. The Hall–Kier alpha value is -3.19. The summed E-state index contributed by atoms with van der Waals surface area (Å²) >= 11 is 3.51. The first-order chi connectivity index (χ1) is 13.6. The van der Waals surface area contributed by atoms with Gasteiger partial charge in [-0.05, 0) is 46.3 Å². The molecular weight excluding hydrogens is 420 g/mol. The molecule has 7 heteroatoms. The van der Waals surface area contributed by atoms with Crippen LogP contribution in [0.2, 0.25) is 0 Å².